The third kappa shape index (κ3) is 5.42. The van der Waals surface area contributed by atoms with Gasteiger partial charge in [0.1, 0.15) is 0 Å². The van der Waals surface area contributed by atoms with Crippen LogP contribution in [0.3, 0.4) is 0 Å². The summed E-state index contributed by atoms with van der Waals surface area (Å²) in [6.45, 7) is 6.34. The number of anilines is 1. The van der Waals surface area contributed by atoms with E-state index in [0.717, 1.165) is 49.2 Å². The highest BCUT2D eigenvalue weighted by Crippen LogP contribution is 2.30. The van der Waals surface area contributed by atoms with Crippen molar-refractivity contribution in [2.45, 2.75) is 44.2 Å². The van der Waals surface area contributed by atoms with Crippen LogP contribution >= 0.6 is 0 Å². The topological polar surface area (TPSA) is 66.9 Å². The zero-order valence-electron chi connectivity index (χ0n) is 17.9. The van der Waals surface area contributed by atoms with Gasteiger partial charge < -0.3 is 9.74 Å². The third-order valence-electron chi connectivity index (χ3n) is 5.27. The van der Waals surface area contributed by atoms with Crippen molar-refractivity contribution in [3.05, 3.63) is 59.2 Å². The van der Waals surface area contributed by atoms with Crippen molar-refractivity contribution >= 4 is 21.7 Å². The second-order valence-electron chi connectivity index (χ2n) is 7.72. The molecule has 1 aliphatic heterocycles. The normalized spacial score (nSPS) is 15.0. The maximum Gasteiger partial charge on any atom is 0.493 e. The van der Waals surface area contributed by atoms with Gasteiger partial charge in [0.15, 0.2) is 0 Å². The standard InChI is InChI=1S/C22H25F3N2O4S/c1-3-12-26-13-10-17-6-7-19(15-18(17)11-14-26)27(31-21(28)22(23,24)25)32(29,30)20-8-4-16(2)5-9-20/h4-9,15H,3,10-14H2,1-2H3. The zero-order chi connectivity index (χ0) is 23.5. The number of halogens is 3. The number of hydrogen-bond donors (Lipinski definition) is 0. The van der Waals surface area contributed by atoms with Crippen LogP contribution in [0.5, 0.6) is 0 Å². The number of carbonyl (C=O) groups excluding carboxylic acids is 1. The Balaban J connectivity index is 2.01. The van der Waals surface area contributed by atoms with E-state index in [0.29, 0.717) is 6.42 Å². The summed E-state index contributed by atoms with van der Waals surface area (Å²) in [5.41, 5.74) is 2.41. The Kier molecular flexibility index (Phi) is 7.14. The first-order valence-electron chi connectivity index (χ1n) is 10.3. The quantitative estimate of drug-likeness (QED) is 0.597. The van der Waals surface area contributed by atoms with E-state index in [1.807, 2.05) is 0 Å². The second-order valence-corrected chi connectivity index (χ2v) is 9.47. The van der Waals surface area contributed by atoms with Crippen LogP contribution in [0.2, 0.25) is 0 Å². The maximum atomic E-state index is 13.2. The van der Waals surface area contributed by atoms with Gasteiger partial charge >= 0.3 is 12.1 Å². The molecule has 10 heteroatoms. The Morgan fingerprint density at radius 3 is 2.28 bits per heavy atom. The van der Waals surface area contributed by atoms with Gasteiger partial charge in [0.25, 0.3) is 10.0 Å². The Bertz CT molecular complexity index is 1070. The molecule has 3 rings (SSSR count). The van der Waals surface area contributed by atoms with Gasteiger partial charge in [0.05, 0.1) is 10.6 Å². The monoisotopic (exact) mass is 470 g/mol. The highest BCUT2D eigenvalue weighted by atomic mass is 32.2. The van der Waals surface area contributed by atoms with E-state index in [9.17, 15) is 26.4 Å². The number of rotatable bonds is 6. The largest absolute Gasteiger partial charge is 0.493 e. The number of nitrogens with zero attached hydrogens (tertiary/aromatic N) is 2. The zero-order valence-corrected chi connectivity index (χ0v) is 18.7. The van der Waals surface area contributed by atoms with Crippen molar-refractivity contribution in [3.63, 3.8) is 0 Å². The third-order valence-corrected chi connectivity index (χ3v) is 6.86. The molecule has 2 aromatic carbocycles. The summed E-state index contributed by atoms with van der Waals surface area (Å²) in [6.07, 6.45) is -3.01. The molecule has 0 radical (unpaired) electrons. The molecule has 0 aliphatic carbocycles. The molecule has 0 fully saturated rings. The highest BCUT2D eigenvalue weighted by molar-refractivity contribution is 7.92. The number of aryl methyl sites for hydroxylation is 1. The van der Waals surface area contributed by atoms with E-state index in [2.05, 4.69) is 16.7 Å². The molecule has 2 aromatic rings. The maximum absolute atomic E-state index is 13.2. The Hall–Kier alpha value is -2.59. The molecule has 32 heavy (non-hydrogen) atoms. The number of carbonyl (C=O) groups is 1. The fourth-order valence-electron chi connectivity index (χ4n) is 3.58. The Labute approximate surface area is 185 Å². The molecular formula is C22H25F3N2O4S. The van der Waals surface area contributed by atoms with Crippen LogP contribution in [0.4, 0.5) is 18.9 Å². The molecule has 0 amide bonds. The molecule has 0 spiro atoms. The molecule has 0 bridgehead atoms. The summed E-state index contributed by atoms with van der Waals surface area (Å²) in [4.78, 5) is 18.0. The van der Waals surface area contributed by atoms with E-state index in [-0.39, 0.29) is 15.1 Å². The van der Waals surface area contributed by atoms with E-state index in [1.54, 1.807) is 13.0 Å². The molecule has 1 heterocycles. The number of hydrogen-bond acceptors (Lipinski definition) is 5. The summed E-state index contributed by atoms with van der Waals surface area (Å²) in [5, 5.41) is 0. The fraction of sp³-hybridized carbons (Fsp3) is 0.409. The van der Waals surface area contributed by atoms with E-state index < -0.39 is 22.2 Å². The molecular weight excluding hydrogens is 445 g/mol. The minimum Gasteiger partial charge on any atom is -0.317 e. The predicted octanol–water partition coefficient (Wildman–Crippen LogP) is 4.02. The van der Waals surface area contributed by atoms with Gasteiger partial charge in [-0.25, -0.2) is 4.79 Å². The number of alkyl halides is 3. The molecule has 0 saturated carbocycles. The Morgan fingerprint density at radius 2 is 1.69 bits per heavy atom. The van der Waals surface area contributed by atoms with Crippen molar-refractivity contribution in [2.75, 3.05) is 24.1 Å². The summed E-state index contributed by atoms with van der Waals surface area (Å²) in [7, 11) is -4.60. The summed E-state index contributed by atoms with van der Waals surface area (Å²) < 4.78 is 65.1. The number of benzene rings is 2. The van der Waals surface area contributed by atoms with Crippen molar-refractivity contribution in [2.24, 2.45) is 0 Å². The molecule has 0 unspecified atom stereocenters. The first-order valence-corrected chi connectivity index (χ1v) is 11.7. The van der Waals surface area contributed by atoms with Crippen LogP contribution in [0, 0.1) is 6.92 Å². The van der Waals surface area contributed by atoms with Gasteiger partial charge in [0.2, 0.25) is 0 Å². The van der Waals surface area contributed by atoms with E-state index in [4.69, 9.17) is 0 Å². The fourth-order valence-corrected chi connectivity index (χ4v) is 4.81. The van der Waals surface area contributed by atoms with Crippen molar-refractivity contribution in [1.29, 1.82) is 0 Å². The average molecular weight is 471 g/mol. The number of fused-ring (bicyclic) bond motifs is 1. The van der Waals surface area contributed by atoms with Gasteiger partial charge in [0, 0.05) is 13.1 Å². The van der Waals surface area contributed by atoms with Crippen LogP contribution in [0.1, 0.15) is 30.0 Å². The van der Waals surface area contributed by atoms with E-state index in [1.165, 1.54) is 36.4 Å². The molecule has 0 atom stereocenters. The lowest BCUT2D eigenvalue weighted by Crippen LogP contribution is -2.38. The average Bonchev–Trinajstić information content (AvgIpc) is 2.93. The number of sulfonamides is 1. The van der Waals surface area contributed by atoms with Crippen molar-refractivity contribution in [3.8, 4) is 0 Å². The minimum absolute atomic E-state index is 0.0719. The van der Waals surface area contributed by atoms with Crippen LogP contribution < -0.4 is 4.47 Å². The van der Waals surface area contributed by atoms with Crippen LogP contribution in [0.25, 0.3) is 0 Å². The SMILES string of the molecule is CCCN1CCc2ccc(N(OC(=O)C(F)(F)F)S(=O)(=O)c3ccc(C)cc3)cc2CC1. The van der Waals surface area contributed by atoms with Gasteiger partial charge in [-0.15, -0.1) is 0 Å². The van der Waals surface area contributed by atoms with Crippen molar-refractivity contribution < 1.29 is 31.2 Å². The van der Waals surface area contributed by atoms with Crippen LogP contribution in [-0.2, 0) is 32.5 Å². The summed E-state index contributed by atoms with van der Waals surface area (Å²) in [6, 6.07) is 10.1. The summed E-state index contributed by atoms with van der Waals surface area (Å²) in [5.74, 6) is -2.61. The predicted molar refractivity (Wildman–Crippen MR) is 114 cm³/mol. The van der Waals surface area contributed by atoms with Crippen molar-refractivity contribution in [1.82, 2.24) is 4.90 Å². The second kappa shape index (κ2) is 9.50. The molecule has 1 aliphatic rings. The first-order chi connectivity index (χ1) is 15.0. The highest BCUT2D eigenvalue weighted by Gasteiger charge is 2.45. The molecule has 0 N–H and O–H groups in total. The molecule has 6 nitrogen and oxygen atoms in total. The van der Waals surface area contributed by atoms with Crippen LogP contribution in [-0.4, -0.2) is 45.1 Å². The molecule has 0 aromatic heterocycles. The van der Waals surface area contributed by atoms with Gasteiger partial charge in [-0.05, 0) is 68.1 Å². The van der Waals surface area contributed by atoms with Gasteiger partial charge in [-0.2, -0.15) is 21.6 Å². The van der Waals surface area contributed by atoms with Gasteiger partial charge in [-0.3, -0.25) is 0 Å². The minimum atomic E-state index is -5.35. The lowest BCUT2D eigenvalue weighted by Gasteiger charge is -2.24. The first kappa shape index (κ1) is 24.1. The molecule has 174 valence electrons. The molecule has 0 saturated heterocycles. The lowest BCUT2D eigenvalue weighted by molar-refractivity contribution is -0.199. The summed E-state index contributed by atoms with van der Waals surface area (Å²) >= 11 is 0. The smallest absolute Gasteiger partial charge is 0.317 e. The van der Waals surface area contributed by atoms with E-state index >= 15 is 0 Å². The van der Waals surface area contributed by atoms with Crippen LogP contribution in [0.15, 0.2) is 47.4 Å². The Morgan fingerprint density at radius 1 is 1.06 bits per heavy atom. The lowest BCUT2D eigenvalue weighted by atomic mass is 10.0. The van der Waals surface area contributed by atoms with Gasteiger partial charge in [-0.1, -0.05) is 35.2 Å².